The number of rotatable bonds is 3. The molecule has 2 saturated carbocycles. The lowest BCUT2D eigenvalue weighted by Gasteiger charge is -2.41. The van der Waals surface area contributed by atoms with E-state index >= 15 is 0 Å². The zero-order chi connectivity index (χ0) is 16.1. The van der Waals surface area contributed by atoms with Crippen LogP contribution in [0.1, 0.15) is 60.7 Å². The Bertz CT molecular complexity index is 629. The van der Waals surface area contributed by atoms with E-state index in [1.165, 1.54) is 18.6 Å². The Morgan fingerprint density at radius 3 is 2.36 bits per heavy atom. The van der Waals surface area contributed by atoms with E-state index in [0.717, 1.165) is 12.8 Å². The van der Waals surface area contributed by atoms with E-state index < -0.39 is 11.9 Å². The van der Waals surface area contributed by atoms with Gasteiger partial charge in [0.15, 0.2) is 0 Å². The summed E-state index contributed by atoms with van der Waals surface area (Å²) in [4.78, 5) is 23.8. The fourth-order valence-corrected chi connectivity index (χ4v) is 4.57. The summed E-state index contributed by atoms with van der Waals surface area (Å²) in [5.74, 6) is -1.05. The van der Waals surface area contributed by atoms with Crippen molar-refractivity contribution in [1.29, 1.82) is 0 Å². The van der Waals surface area contributed by atoms with Crippen molar-refractivity contribution < 1.29 is 19.4 Å². The minimum absolute atomic E-state index is 0.00128. The molecule has 1 N–H and O–H groups in total. The van der Waals surface area contributed by atoms with Gasteiger partial charge in [-0.3, -0.25) is 0 Å². The molecular formula is C18H22O4. The monoisotopic (exact) mass is 302 g/mol. The van der Waals surface area contributed by atoms with Crippen molar-refractivity contribution >= 4 is 11.9 Å². The summed E-state index contributed by atoms with van der Waals surface area (Å²) < 4.78 is 5.84. The molecule has 22 heavy (non-hydrogen) atoms. The number of esters is 1. The van der Waals surface area contributed by atoms with Crippen molar-refractivity contribution in [2.24, 2.45) is 16.7 Å². The van der Waals surface area contributed by atoms with E-state index in [1.807, 2.05) is 0 Å². The first-order valence-electron chi connectivity index (χ1n) is 7.79. The molecule has 1 aromatic rings. The zero-order valence-electron chi connectivity index (χ0n) is 13.3. The van der Waals surface area contributed by atoms with Gasteiger partial charge in [0, 0.05) is 10.8 Å². The number of ether oxygens (including phenoxy) is 1. The molecular weight excluding hydrogens is 280 g/mol. The van der Waals surface area contributed by atoms with Crippen molar-refractivity contribution in [2.45, 2.75) is 46.1 Å². The van der Waals surface area contributed by atoms with E-state index in [9.17, 15) is 14.7 Å². The molecule has 1 aromatic carbocycles. The van der Waals surface area contributed by atoms with Crippen LogP contribution in [0.25, 0.3) is 0 Å². The van der Waals surface area contributed by atoms with E-state index in [2.05, 4.69) is 20.8 Å². The quantitative estimate of drug-likeness (QED) is 0.864. The second kappa shape index (κ2) is 4.83. The van der Waals surface area contributed by atoms with Crippen molar-refractivity contribution in [3.05, 3.63) is 35.4 Å². The van der Waals surface area contributed by atoms with E-state index in [-0.39, 0.29) is 28.1 Å². The lowest BCUT2D eigenvalue weighted by atomic mass is 9.70. The topological polar surface area (TPSA) is 63.6 Å². The standard InChI is InChI=1S/C18H22O4/c1-17(2)11-8-9-18(3,10-11)16(17)22-15(21)13-7-5-4-6-12(13)14(19)20/h4-7,11,16H,8-10H2,1-3H3,(H,19,20)/t11-,16-,18-/m1/s1. The number of benzene rings is 1. The highest BCUT2D eigenvalue weighted by atomic mass is 16.5. The van der Waals surface area contributed by atoms with Crippen LogP contribution in [0.5, 0.6) is 0 Å². The zero-order valence-corrected chi connectivity index (χ0v) is 13.3. The van der Waals surface area contributed by atoms with Gasteiger partial charge in [-0.15, -0.1) is 0 Å². The highest BCUT2D eigenvalue weighted by Gasteiger charge is 2.61. The van der Waals surface area contributed by atoms with Crippen LogP contribution in [0.15, 0.2) is 24.3 Å². The molecule has 0 aromatic heterocycles. The van der Waals surface area contributed by atoms with Gasteiger partial charge in [-0.05, 0) is 37.3 Å². The van der Waals surface area contributed by atoms with Gasteiger partial charge in [-0.1, -0.05) is 32.9 Å². The Morgan fingerprint density at radius 1 is 1.18 bits per heavy atom. The van der Waals surface area contributed by atoms with Crippen molar-refractivity contribution in [3.63, 3.8) is 0 Å². The molecule has 4 heteroatoms. The van der Waals surface area contributed by atoms with Crippen molar-refractivity contribution in [2.75, 3.05) is 0 Å². The first kappa shape index (κ1) is 15.1. The molecule has 0 heterocycles. The van der Waals surface area contributed by atoms with Crippen LogP contribution in [0.2, 0.25) is 0 Å². The number of carboxylic acid groups (broad SMARTS) is 1. The van der Waals surface area contributed by atoms with Crippen LogP contribution < -0.4 is 0 Å². The lowest BCUT2D eigenvalue weighted by molar-refractivity contribution is -0.0585. The Hall–Kier alpha value is -1.84. The SMILES string of the molecule is CC1(C)[C@@H]2CC[C@](C)(C2)[C@@H]1OC(=O)c1ccccc1C(=O)O. The lowest BCUT2D eigenvalue weighted by Crippen LogP contribution is -2.43. The second-order valence-corrected chi connectivity index (χ2v) is 7.55. The van der Waals surface area contributed by atoms with E-state index in [4.69, 9.17) is 4.74 Å². The fraction of sp³-hybridized carbons (Fsp3) is 0.556. The summed E-state index contributed by atoms with van der Waals surface area (Å²) in [6, 6.07) is 6.24. The van der Waals surface area contributed by atoms with Crippen LogP contribution in [-0.2, 0) is 4.74 Å². The third kappa shape index (κ3) is 2.13. The average Bonchev–Trinajstić information content (AvgIpc) is 2.94. The molecule has 0 spiro atoms. The van der Waals surface area contributed by atoms with Crippen LogP contribution in [0.4, 0.5) is 0 Å². The first-order chi connectivity index (χ1) is 10.3. The minimum Gasteiger partial charge on any atom is -0.478 e. The number of fused-ring (bicyclic) bond motifs is 2. The molecule has 0 radical (unpaired) electrons. The predicted octanol–water partition coefficient (Wildman–Crippen LogP) is 3.76. The van der Waals surface area contributed by atoms with Crippen LogP contribution >= 0.6 is 0 Å². The van der Waals surface area contributed by atoms with Gasteiger partial charge < -0.3 is 9.84 Å². The predicted molar refractivity (Wildman–Crippen MR) is 81.8 cm³/mol. The molecule has 2 aliphatic rings. The molecule has 0 saturated heterocycles. The second-order valence-electron chi connectivity index (χ2n) is 7.55. The summed E-state index contributed by atoms with van der Waals surface area (Å²) in [5.41, 5.74) is 0.0961. The van der Waals surface area contributed by atoms with Crippen molar-refractivity contribution in [1.82, 2.24) is 0 Å². The Balaban J connectivity index is 1.88. The summed E-state index contributed by atoms with van der Waals surface area (Å²) in [7, 11) is 0. The molecule has 3 rings (SSSR count). The summed E-state index contributed by atoms with van der Waals surface area (Å²) in [5, 5.41) is 9.23. The minimum atomic E-state index is -1.11. The number of carbonyl (C=O) groups is 2. The molecule has 3 atom stereocenters. The third-order valence-corrected chi connectivity index (χ3v) is 5.74. The maximum absolute atomic E-state index is 12.5. The van der Waals surface area contributed by atoms with Gasteiger partial charge in [0.1, 0.15) is 6.10 Å². The molecule has 4 nitrogen and oxygen atoms in total. The van der Waals surface area contributed by atoms with Gasteiger partial charge in [0.25, 0.3) is 0 Å². The Morgan fingerprint density at radius 2 is 1.82 bits per heavy atom. The Labute approximate surface area is 130 Å². The summed E-state index contributed by atoms with van der Waals surface area (Å²) >= 11 is 0. The highest BCUT2D eigenvalue weighted by Crippen LogP contribution is 2.63. The largest absolute Gasteiger partial charge is 0.478 e. The molecule has 2 aliphatic carbocycles. The number of carbonyl (C=O) groups excluding carboxylic acids is 1. The molecule has 2 bridgehead atoms. The van der Waals surface area contributed by atoms with Crippen LogP contribution in [0, 0.1) is 16.7 Å². The fourth-order valence-electron chi connectivity index (χ4n) is 4.57. The maximum atomic E-state index is 12.5. The average molecular weight is 302 g/mol. The summed E-state index contributed by atoms with van der Waals surface area (Å²) in [6.45, 7) is 6.50. The van der Waals surface area contributed by atoms with Gasteiger partial charge in [0.05, 0.1) is 11.1 Å². The molecule has 0 unspecified atom stereocenters. The highest BCUT2D eigenvalue weighted by molar-refractivity contribution is 6.02. The molecule has 118 valence electrons. The first-order valence-corrected chi connectivity index (χ1v) is 7.79. The van der Waals surface area contributed by atoms with Gasteiger partial charge in [-0.2, -0.15) is 0 Å². The van der Waals surface area contributed by atoms with Gasteiger partial charge >= 0.3 is 11.9 Å². The maximum Gasteiger partial charge on any atom is 0.339 e. The van der Waals surface area contributed by atoms with Gasteiger partial charge in [-0.25, -0.2) is 9.59 Å². The summed E-state index contributed by atoms with van der Waals surface area (Å²) in [6.07, 6.45) is 3.18. The number of aromatic carboxylic acids is 1. The number of carboxylic acids is 1. The Kier molecular flexibility index (Phi) is 3.31. The smallest absolute Gasteiger partial charge is 0.339 e. The van der Waals surface area contributed by atoms with Crippen LogP contribution in [-0.4, -0.2) is 23.1 Å². The van der Waals surface area contributed by atoms with Crippen molar-refractivity contribution in [3.8, 4) is 0 Å². The molecule has 0 aliphatic heterocycles. The van der Waals surface area contributed by atoms with E-state index in [0.29, 0.717) is 5.92 Å². The number of hydrogen-bond donors (Lipinski definition) is 1. The van der Waals surface area contributed by atoms with Gasteiger partial charge in [0.2, 0.25) is 0 Å². The third-order valence-electron chi connectivity index (χ3n) is 5.74. The number of hydrogen-bond acceptors (Lipinski definition) is 3. The molecule has 0 amide bonds. The normalized spacial score (nSPS) is 32.0. The van der Waals surface area contributed by atoms with E-state index in [1.54, 1.807) is 12.1 Å². The molecule has 2 fully saturated rings. The van der Waals surface area contributed by atoms with Crippen LogP contribution in [0.3, 0.4) is 0 Å².